The maximum absolute atomic E-state index is 12.4. The smallest absolute Gasteiger partial charge is 0.257 e. The van der Waals surface area contributed by atoms with E-state index in [1.807, 2.05) is 0 Å². The van der Waals surface area contributed by atoms with E-state index in [1.54, 1.807) is 31.3 Å². The first-order chi connectivity index (χ1) is 14.5. The minimum absolute atomic E-state index is 0.173. The summed E-state index contributed by atoms with van der Waals surface area (Å²) in [6, 6.07) is 6.65. The van der Waals surface area contributed by atoms with Gasteiger partial charge in [-0.2, -0.15) is 0 Å². The van der Waals surface area contributed by atoms with Crippen LogP contribution in [0.5, 0.6) is 0 Å². The molecular formula is C18H22N8O2S2. The minimum Gasteiger partial charge on any atom is -0.325 e. The van der Waals surface area contributed by atoms with Gasteiger partial charge in [0.2, 0.25) is 16.2 Å². The van der Waals surface area contributed by atoms with Gasteiger partial charge in [0.05, 0.1) is 5.75 Å². The highest BCUT2D eigenvalue weighted by Gasteiger charge is 2.15. The quantitative estimate of drug-likeness (QED) is 0.480. The number of hydrogen-bond acceptors (Lipinski definition) is 9. The molecule has 2 amide bonds. The van der Waals surface area contributed by atoms with E-state index in [0.29, 0.717) is 27.5 Å². The molecule has 3 aromatic rings. The number of aromatic nitrogens is 6. The van der Waals surface area contributed by atoms with Crippen molar-refractivity contribution in [3.8, 4) is 0 Å². The van der Waals surface area contributed by atoms with E-state index in [-0.39, 0.29) is 17.6 Å². The fraction of sp³-hybridized carbons (Fsp3) is 0.389. The van der Waals surface area contributed by atoms with Gasteiger partial charge >= 0.3 is 0 Å². The Labute approximate surface area is 181 Å². The van der Waals surface area contributed by atoms with Gasteiger partial charge in [-0.1, -0.05) is 36.9 Å². The van der Waals surface area contributed by atoms with Gasteiger partial charge in [-0.3, -0.25) is 14.9 Å². The molecule has 12 heteroatoms. The van der Waals surface area contributed by atoms with Crippen molar-refractivity contribution >= 4 is 45.7 Å². The van der Waals surface area contributed by atoms with Gasteiger partial charge in [-0.15, -0.1) is 15.3 Å². The molecule has 0 saturated carbocycles. The third-order valence-corrected chi connectivity index (χ3v) is 6.35. The van der Waals surface area contributed by atoms with Gasteiger partial charge in [-0.25, -0.2) is 4.68 Å². The van der Waals surface area contributed by atoms with E-state index < -0.39 is 0 Å². The van der Waals surface area contributed by atoms with Crippen LogP contribution in [0.25, 0.3) is 0 Å². The maximum atomic E-state index is 12.4. The number of benzene rings is 1. The minimum atomic E-state index is -0.273. The number of carbonyl (C=O) groups excluding carboxylic acids is 2. The summed E-state index contributed by atoms with van der Waals surface area (Å²) in [5.74, 6) is 0.0689. The third kappa shape index (κ3) is 5.60. The summed E-state index contributed by atoms with van der Waals surface area (Å²) < 4.78 is 1.50. The number of amides is 2. The molecule has 0 fully saturated rings. The van der Waals surface area contributed by atoms with Crippen LogP contribution in [0.1, 0.15) is 48.0 Å². The summed E-state index contributed by atoms with van der Waals surface area (Å²) in [7, 11) is 1.71. The zero-order valence-corrected chi connectivity index (χ0v) is 18.5. The Balaban J connectivity index is 1.52. The number of nitrogens with one attached hydrogen (secondary N) is 2. The van der Waals surface area contributed by atoms with E-state index in [4.69, 9.17) is 0 Å². The molecule has 1 aromatic carbocycles. The first kappa shape index (κ1) is 21.8. The van der Waals surface area contributed by atoms with E-state index >= 15 is 0 Å². The van der Waals surface area contributed by atoms with Crippen molar-refractivity contribution in [2.45, 2.75) is 37.8 Å². The van der Waals surface area contributed by atoms with Crippen molar-refractivity contribution in [2.24, 2.45) is 7.05 Å². The summed E-state index contributed by atoms with van der Waals surface area (Å²) in [5, 5.41) is 26.8. The molecule has 0 atom stereocenters. The van der Waals surface area contributed by atoms with Crippen LogP contribution in [0.15, 0.2) is 29.4 Å². The lowest BCUT2D eigenvalue weighted by molar-refractivity contribution is -0.113. The second kappa shape index (κ2) is 10.3. The second-order valence-corrected chi connectivity index (χ2v) is 8.36. The molecule has 2 aromatic heterocycles. The van der Waals surface area contributed by atoms with Crippen LogP contribution in [0, 0.1) is 0 Å². The molecule has 158 valence electrons. The predicted octanol–water partition coefficient (Wildman–Crippen LogP) is 2.95. The molecule has 0 radical (unpaired) electrons. The van der Waals surface area contributed by atoms with Crippen molar-refractivity contribution in [1.82, 2.24) is 30.4 Å². The molecule has 10 nitrogen and oxygen atoms in total. The second-order valence-electron chi connectivity index (χ2n) is 6.41. The molecule has 30 heavy (non-hydrogen) atoms. The Morgan fingerprint density at radius 2 is 1.83 bits per heavy atom. The highest BCUT2D eigenvalue weighted by Crippen LogP contribution is 2.28. The summed E-state index contributed by atoms with van der Waals surface area (Å²) in [4.78, 5) is 24.5. The summed E-state index contributed by atoms with van der Waals surface area (Å²) in [6.07, 6.45) is 1.97. The number of anilines is 2. The largest absolute Gasteiger partial charge is 0.325 e. The lowest BCUT2D eigenvalue weighted by atomic mass is 10.1. The van der Waals surface area contributed by atoms with Gasteiger partial charge in [0.1, 0.15) is 5.01 Å². The number of tetrazole rings is 1. The zero-order chi connectivity index (χ0) is 21.5. The number of thioether (sulfide) groups is 1. The first-order valence-corrected chi connectivity index (χ1v) is 11.2. The van der Waals surface area contributed by atoms with Crippen LogP contribution in [0.2, 0.25) is 0 Å². The summed E-state index contributed by atoms with van der Waals surface area (Å²) in [6.45, 7) is 4.22. The topological polar surface area (TPSA) is 128 Å². The van der Waals surface area contributed by atoms with Gasteiger partial charge in [0, 0.05) is 24.2 Å². The number of aryl methyl sites for hydroxylation is 1. The van der Waals surface area contributed by atoms with Gasteiger partial charge in [0.15, 0.2) is 0 Å². The predicted molar refractivity (Wildman–Crippen MR) is 116 cm³/mol. The van der Waals surface area contributed by atoms with Gasteiger partial charge in [-0.05, 0) is 47.5 Å². The number of rotatable bonds is 9. The number of carbonyl (C=O) groups is 2. The Morgan fingerprint density at radius 1 is 1.10 bits per heavy atom. The molecule has 0 spiro atoms. The number of nitrogens with zero attached hydrogens (tertiary/aromatic N) is 6. The molecule has 2 heterocycles. The highest BCUT2D eigenvalue weighted by atomic mass is 32.2. The van der Waals surface area contributed by atoms with Crippen LogP contribution >= 0.6 is 23.1 Å². The molecule has 2 N–H and O–H groups in total. The highest BCUT2D eigenvalue weighted by molar-refractivity contribution is 7.99. The van der Waals surface area contributed by atoms with Gasteiger partial charge in [0.25, 0.3) is 5.91 Å². The van der Waals surface area contributed by atoms with Gasteiger partial charge < -0.3 is 5.32 Å². The van der Waals surface area contributed by atoms with E-state index in [2.05, 4.69) is 50.2 Å². The number of hydrogen-bond donors (Lipinski definition) is 2. The average Bonchev–Trinajstić information content (AvgIpc) is 3.37. The summed E-state index contributed by atoms with van der Waals surface area (Å²) >= 11 is 2.64. The SMILES string of the molecule is CCC(CC)c1nnc(NC(=O)c2ccc(NC(=O)CSc3nnnn3C)cc2)s1. The van der Waals surface area contributed by atoms with Crippen molar-refractivity contribution in [3.63, 3.8) is 0 Å². The molecule has 0 unspecified atom stereocenters. The standard InChI is InChI=1S/C18H22N8O2S2/c1-4-11(5-2)16-21-22-17(30-16)20-15(28)12-6-8-13(9-7-12)19-14(27)10-29-18-23-24-25-26(18)3/h6-9,11H,4-5,10H2,1-3H3,(H,19,27)(H,20,22,28). The monoisotopic (exact) mass is 446 g/mol. The lowest BCUT2D eigenvalue weighted by Crippen LogP contribution is -2.15. The Morgan fingerprint density at radius 3 is 2.47 bits per heavy atom. The van der Waals surface area contributed by atoms with Crippen molar-refractivity contribution in [1.29, 1.82) is 0 Å². The Kier molecular flexibility index (Phi) is 7.46. The van der Waals surface area contributed by atoms with E-state index in [1.165, 1.54) is 27.8 Å². The average molecular weight is 447 g/mol. The normalized spacial score (nSPS) is 10.9. The molecule has 0 aliphatic heterocycles. The first-order valence-electron chi connectivity index (χ1n) is 9.40. The molecule has 3 rings (SSSR count). The molecular weight excluding hydrogens is 424 g/mol. The van der Waals surface area contributed by atoms with Crippen molar-refractivity contribution in [3.05, 3.63) is 34.8 Å². The fourth-order valence-corrected chi connectivity index (χ4v) is 4.29. The summed E-state index contributed by atoms with van der Waals surface area (Å²) in [5.41, 5.74) is 1.06. The van der Waals surface area contributed by atoms with Crippen LogP contribution in [0.3, 0.4) is 0 Å². The van der Waals surface area contributed by atoms with Crippen molar-refractivity contribution < 1.29 is 9.59 Å². The maximum Gasteiger partial charge on any atom is 0.257 e. The van der Waals surface area contributed by atoms with E-state index in [0.717, 1.165) is 17.8 Å². The van der Waals surface area contributed by atoms with Crippen LogP contribution in [-0.4, -0.2) is 48.0 Å². The van der Waals surface area contributed by atoms with Crippen molar-refractivity contribution in [2.75, 3.05) is 16.4 Å². The van der Waals surface area contributed by atoms with E-state index in [9.17, 15) is 9.59 Å². The third-order valence-electron chi connectivity index (χ3n) is 4.34. The lowest BCUT2D eigenvalue weighted by Gasteiger charge is -2.07. The molecule has 0 bridgehead atoms. The molecule has 0 aliphatic rings. The molecule has 0 aliphatic carbocycles. The fourth-order valence-electron chi connectivity index (χ4n) is 2.63. The van der Waals surface area contributed by atoms with Crippen LogP contribution in [0.4, 0.5) is 10.8 Å². The Hall–Kier alpha value is -2.86. The van der Waals surface area contributed by atoms with Crippen LogP contribution < -0.4 is 10.6 Å². The molecule has 0 saturated heterocycles. The Bertz CT molecular complexity index is 998. The zero-order valence-electron chi connectivity index (χ0n) is 16.8. The van der Waals surface area contributed by atoms with Crippen LogP contribution in [-0.2, 0) is 11.8 Å².